The van der Waals surface area contributed by atoms with Crippen LogP contribution >= 0.6 is 0 Å². The largest absolute Gasteiger partial charge is 0.491 e. The lowest BCUT2D eigenvalue weighted by molar-refractivity contribution is -0.119. The summed E-state index contributed by atoms with van der Waals surface area (Å²) in [5, 5.41) is 0. The van der Waals surface area contributed by atoms with Gasteiger partial charge in [0.15, 0.2) is 0 Å². The van der Waals surface area contributed by atoms with E-state index in [4.69, 9.17) is 14.2 Å². The molecule has 0 spiro atoms. The molecule has 0 bridgehead atoms. The summed E-state index contributed by atoms with van der Waals surface area (Å²) in [5.74, 6) is 0.694. The average molecular weight is 566 g/mol. The predicted octanol–water partition coefficient (Wildman–Crippen LogP) is 6.02. The molecule has 0 aromatic heterocycles. The summed E-state index contributed by atoms with van der Waals surface area (Å²) in [6.07, 6.45) is 1.91. The van der Waals surface area contributed by atoms with Crippen LogP contribution in [0, 0.1) is 13.8 Å². The molecule has 1 fully saturated rings. The van der Waals surface area contributed by atoms with Gasteiger partial charge < -0.3 is 14.2 Å². The minimum Gasteiger partial charge on any atom is -0.491 e. The number of hydrogen-bond donors (Lipinski definition) is 1. The van der Waals surface area contributed by atoms with E-state index >= 15 is 0 Å². The third-order valence-corrected chi connectivity index (χ3v) is 8.82. The molecule has 2 atom stereocenters. The first-order valence-corrected chi connectivity index (χ1v) is 15.1. The summed E-state index contributed by atoms with van der Waals surface area (Å²) >= 11 is 0. The second-order valence-electron chi connectivity index (χ2n) is 10.3. The Bertz CT molecular complexity index is 1440. The fraction of sp³-hybridized carbons (Fsp3) is 0.406. The summed E-state index contributed by atoms with van der Waals surface area (Å²) in [5.41, 5.74) is 8.16. The molecule has 3 aromatic carbocycles. The van der Waals surface area contributed by atoms with Crippen molar-refractivity contribution in [1.29, 1.82) is 0 Å². The number of fused-ring (bicyclic) bond motifs is 1. The van der Waals surface area contributed by atoms with E-state index < -0.39 is 15.9 Å². The smallest absolute Gasteiger partial charge is 0.235 e. The predicted molar refractivity (Wildman–Crippen MR) is 157 cm³/mol. The molecule has 5 rings (SSSR count). The number of carbonyl (C=O) groups is 1. The molecule has 7 nitrogen and oxygen atoms in total. The second-order valence-corrected chi connectivity index (χ2v) is 12.0. The van der Waals surface area contributed by atoms with Gasteiger partial charge in [-0.15, -0.1) is 0 Å². The van der Waals surface area contributed by atoms with E-state index in [1.165, 1.54) is 33.4 Å². The van der Waals surface area contributed by atoms with Gasteiger partial charge in [0, 0.05) is 18.9 Å². The van der Waals surface area contributed by atoms with Crippen molar-refractivity contribution in [1.82, 2.24) is 4.72 Å². The Kier molecular flexibility index (Phi) is 9.21. The molecule has 0 saturated carbocycles. The van der Waals surface area contributed by atoms with Crippen molar-refractivity contribution in [3.8, 4) is 22.6 Å². The lowest BCUT2D eigenvalue weighted by Crippen LogP contribution is -2.40. The number of hydrogen-bond acceptors (Lipinski definition) is 6. The van der Waals surface area contributed by atoms with Gasteiger partial charge >= 0.3 is 0 Å². The highest BCUT2D eigenvalue weighted by Crippen LogP contribution is 2.42. The maximum absolute atomic E-state index is 11.9. The third kappa shape index (κ3) is 6.50. The van der Waals surface area contributed by atoms with Gasteiger partial charge in [-0.3, -0.25) is 9.52 Å². The first-order chi connectivity index (χ1) is 18.7. The van der Waals surface area contributed by atoms with Gasteiger partial charge in [-0.05, 0) is 96.8 Å². The SMILES string of the molecule is C.CCOCCOc1cc(C)c(-c2cccc3c2CC[C@H]3Oc2ccc(C3CC(=O)NS(=O)(=O)C3)cc2)c(C)c1. The summed E-state index contributed by atoms with van der Waals surface area (Å²) in [6.45, 7) is 8.02. The summed E-state index contributed by atoms with van der Waals surface area (Å²) in [6, 6.07) is 18.1. The van der Waals surface area contributed by atoms with E-state index in [9.17, 15) is 13.2 Å². The van der Waals surface area contributed by atoms with Crippen LogP contribution in [-0.2, 0) is 26.0 Å². The summed E-state index contributed by atoms with van der Waals surface area (Å²) in [7, 11) is -3.58. The Morgan fingerprint density at radius 2 is 1.70 bits per heavy atom. The van der Waals surface area contributed by atoms with Crippen LogP contribution < -0.4 is 14.2 Å². The zero-order valence-electron chi connectivity index (χ0n) is 22.7. The molecule has 1 aliphatic heterocycles. The summed E-state index contributed by atoms with van der Waals surface area (Å²) < 4.78 is 43.6. The van der Waals surface area contributed by atoms with E-state index in [-0.39, 0.29) is 31.6 Å². The topological polar surface area (TPSA) is 90.9 Å². The van der Waals surface area contributed by atoms with Crippen LogP contribution in [0.25, 0.3) is 11.1 Å². The quantitative estimate of drug-likeness (QED) is 0.319. The second kappa shape index (κ2) is 12.4. The van der Waals surface area contributed by atoms with Crippen LogP contribution in [0.3, 0.4) is 0 Å². The van der Waals surface area contributed by atoms with Crippen molar-refractivity contribution >= 4 is 15.9 Å². The molecular weight excluding hydrogens is 526 g/mol. The highest BCUT2D eigenvalue weighted by atomic mass is 32.2. The number of amides is 1. The number of rotatable bonds is 9. The summed E-state index contributed by atoms with van der Waals surface area (Å²) in [4.78, 5) is 11.8. The molecule has 40 heavy (non-hydrogen) atoms. The van der Waals surface area contributed by atoms with Crippen molar-refractivity contribution in [2.24, 2.45) is 0 Å². The molecule has 1 amide bonds. The van der Waals surface area contributed by atoms with Gasteiger partial charge in [0.05, 0.1) is 12.4 Å². The minimum atomic E-state index is -3.58. The maximum atomic E-state index is 11.9. The van der Waals surface area contributed by atoms with E-state index in [2.05, 4.69) is 48.9 Å². The molecule has 1 aliphatic carbocycles. The third-order valence-electron chi connectivity index (χ3n) is 7.44. The zero-order valence-corrected chi connectivity index (χ0v) is 23.5. The van der Waals surface area contributed by atoms with Crippen molar-refractivity contribution < 1.29 is 27.4 Å². The minimum absolute atomic E-state index is 0. The normalized spacial score (nSPS) is 19.3. The Labute approximate surface area is 237 Å². The van der Waals surface area contributed by atoms with Crippen LogP contribution in [0.4, 0.5) is 0 Å². The van der Waals surface area contributed by atoms with Crippen molar-refractivity contribution in [2.75, 3.05) is 25.6 Å². The fourth-order valence-corrected chi connectivity index (χ4v) is 7.12. The van der Waals surface area contributed by atoms with Gasteiger partial charge in [-0.1, -0.05) is 37.8 Å². The highest BCUT2D eigenvalue weighted by molar-refractivity contribution is 7.90. The van der Waals surface area contributed by atoms with Gasteiger partial charge in [-0.2, -0.15) is 0 Å². The first-order valence-electron chi connectivity index (χ1n) is 13.5. The average Bonchev–Trinajstić information content (AvgIpc) is 3.29. The van der Waals surface area contributed by atoms with Crippen LogP contribution in [0.15, 0.2) is 54.6 Å². The molecule has 1 N–H and O–H groups in total. The van der Waals surface area contributed by atoms with Gasteiger partial charge in [-0.25, -0.2) is 8.42 Å². The van der Waals surface area contributed by atoms with Crippen LogP contribution in [0.5, 0.6) is 11.5 Å². The molecule has 8 heteroatoms. The Morgan fingerprint density at radius 3 is 2.38 bits per heavy atom. The molecule has 3 aromatic rings. The van der Waals surface area contributed by atoms with Crippen molar-refractivity contribution in [3.05, 3.63) is 82.4 Å². The van der Waals surface area contributed by atoms with Gasteiger partial charge in [0.2, 0.25) is 15.9 Å². The van der Waals surface area contributed by atoms with Gasteiger partial charge in [0.25, 0.3) is 0 Å². The molecular formula is C32H39NO6S. The van der Waals surface area contributed by atoms with Crippen molar-refractivity contribution in [2.45, 2.75) is 59.5 Å². The Balaban J connectivity index is 0.00000370. The van der Waals surface area contributed by atoms with E-state index in [1.807, 2.05) is 31.2 Å². The van der Waals surface area contributed by atoms with Crippen LogP contribution in [-0.4, -0.2) is 39.9 Å². The molecule has 1 heterocycles. The van der Waals surface area contributed by atoms with Crippen molar-refractivity contribution in [3.63, 3.8) is 0 Å². The number of benzene rings is 3. The molecule has 0 radical (unpaired) electrons. The molecule has 2 aliphatic rings. The number of nitrogens with one attached hydrogen (secondary N) is 1. The molecule has 1 saturated heterocycles. The maximum Gasteiger partial charge on any atom is 0.235 e. The van der Waals surface area contributed by atoms with Gasteiger partial charge in [0.1, 0.15) is 24.2 Å². The van der Waals surface area contributed by atoms with Crippen LogP contribution in [0.2, 0.25) is 0 Å². The zero-order chi connectivity index (χ0) is 27.6. The highest BCUT2D eigenvalue weighted by Gasteiger charge is 2.31. The lowest BCUT2D eigenvalue weighted by Gasteiger charge is -2.23. The molecule has 214 valence electrons. The Morgan fingerprint density at radius 1 is 0.975 bits per heavy atom. The Hall–Kier alpha value is -3.36. The number of carbonyl (C=O) groups excluding carboxylic acids is 1. The molecule has 1 unspecified atom stereocenters. The number of sulfonamides is 1. The fourth-order valence-electron chi connectivity index (χ4n) is 5.77. The van der Waals surface area contributed by atoms with E-state index in [0.717, 1.165) is 29.9 Å². The number of aryl methyl sites for hydroxylation is 2. The first kappa shape index (κ1) is 29.6. The standard InChI is InChI=1S/C31H35NO6S.CH4/c1-4-36-14-15-37-25-16-20(2)31(21(3)17-25)28-7-5-6-27-26(28)12-13-29(27)38-24-10-8-22(9-11-24)23-18-30(33)32-39(34,35)19-23;/h5-11,16-17,23,29H,4,12-15,18-19H2,1-3H3,(H,32,33);1H4/t23?,29-;/m1./s1. The van der Waals surface area contributed by atoms with E-state index in [1.54, 1.807) is 0 Å². The number of ether oxygens (including phenoxy) is 3. The van der Waals surface area contributed by atoms with Crippen LogP contribution in [0.1, 0.15) is 67.0 Å². The lowest BCUT2D eigenvalue weighted by atomic mass is 9.90. The van der Waals surface area contributed by atoms with E-state index in [0.29, 0.717) is 19.8 Å². The monoisotopic (exact) mass is 565 g/mol.